The number of rotatable bonds is 9. The molecule has 3 rings (SSSR count). The van der Waals surface area contributed by atoms with Crippen molar-refractivity contribution >= 4 is 11.6 Å². The molecule has 0 aliphatic carbocycles. The van der Waals surface area contributed by atoms with E-state index < -0.39 is 0 Å². The zero-order valence-electron chi connectivity index (χ0n) is 17.6. The molecule has 156 valence electrons. The largest absolute Gasteiger partial charge is 0.493 e. The van der Waals surface area contributed by atoms with Crippen molar-refractivity contribution in [2.75, 3.05) is 19.0 Å². The Labute approximate surface area is 177 Å². The molecule has 0 bridgehead atoms. The summed E-state index contributed by atoms with van der Waals surface area (Å²) in [6, 6.07) is 20.7. The lowest BCUT2D eigenvalue weighted by Gasteiger charge is -2.15. The van der Waals surface area contributed by atoms with Crippen molar-refractivity contribution in [1.29, 1.82) is 0 Å². The SMILES string of the molecule is CCOc1ccc(C(=O)Nc2ccccc2CC)cc1COc1ccccc1OC. The third-order valence-corrected chi connectivity index (χ3v) is 4.72. The number of ether oxygens (including phenoxy) is 3. The van der Waals surface area contributed by atoms with Crippen LogP contribution in [0.25, 0.3) is 0 Å². The number of benzene rings is 3. The summed E-state index contributed by atoms with van der Waals surface area (Å²) in [4.78, 5) is 12.9. The molecule has 0 aliphatic rings. The van der Waals surface area contributed by atoms with Gasteiger partial charge in [-0.1, -0.05) is 37.3 Å². The standard InChI is InChI=1S/C25H27NO4/c1-4-18-10-6-7-11-21(18)26-25(27)19-14-15-22(29-5-2)20(16-19)17-30-24-13-9-8-12-23(24)28-3/h6-16H,4-5,17H2,1-3H3,(H,26,27). The van der Waals surface area contributed by atoms with Gasteiger partial charge in [0.05, 0.1) is 13.7 Å². The highest BCUT2D eigenvalue weighted by Crippen LogP contribution is 2.29. The van der Waals surface area contributed by atoms with E-state index in [1.165, 1.54) is 0 Å². The average Bonchev–Trinajstić information content (AvgIpc) is 2.79. The molecule has 0 atom stereocenters. The molecular formula is C25H27NO4. The molecule has 5 heteroatoms. The number of carbonyl (C=O) groups excluding carboxylic acids is 1. The zero-order valence-corrected chi connectivity index (χ0v) is 17.6. The Balaban J connectivity index is 1.82. The van der Waals surface area contributed by atoms with Crippen LogP contribution in [0, 0.1) is 0 Å². The number of carbonyl (C=O) groups is 1. The van der Waals surface area contributed by atoms with Crippen molar-refractivity contribution < 1.29 is 19.0 Å². The van der Waals surface area contributed by atoms with Gasteiger partial charge in [0.2, 0.25) is 0 Å². The average molecular weight is 405 g/mol. The summed E-state index contributed by atoms with van der Waals surface area (Å²) in [5.41, 5.74) is 3.25. The number of hydrogen-bond donors (Lipinski definition) is 1. The van der Waals surface area contributed by atoms with Gasteiger partial charge >= 0.3 is 0 Å². The molecule has 0 heterocycles. The fourth-order valence-electron chi connectivity index (χ4n) is 3.17. The van der Waals surface area contributed by atoms with Crippen molar-refractivity contribution in [3.8, 4) is 17.2 Å². The molecule has 0 unspecified atom stereocenters. The van der Waals surface area contributed by atoms with E-state index in [4.69, 9.17) is 14.2 Å². The number of aryl methyl sites for hydroxylation is 1. The fourth-order valence-corrected chi connectivity index (χ4v) is 3.17. The molecule has 0 radical (unpaired) electrons. The van der Waals surface area contributed by atoms with E-state index in [-0.39, 0.29) is 12.5 Å². The van der Waals surface area contributed by atoms with Gasteiger partial charge in [-0.2, -0.15) is 0 Å². The number of methoxy groups -OCH3 is 1. The lowest BCUT2D eigenvalue weighted by atomic mass is 10.1. The van der Waals surface area contributed by atoms with Gasteiger partial charge in [0.1, 0.15) is 12.4 Å². The highest BCUT2D eigenvalue weighted by Gasteiger charge is 2.13. The highest BCUT2D eigenvalue weighted by molar-refractivity contribution is 6.04. The summed E-state index contributed by atoms with van der Waals surface area (Å²) in [6.07, 6.45) is 0.845. The third-order valence-electron chi connectivity index (χ3n) is 4.72. The van der Waals surface area contributed by atoms with Gasteiger partial charge in [0.25, 0.3) is 5.91 Å². The Morgan fingerprint density at radius 3 is 2.30 bits per heavy atom. The second-order valence-electron chi connectivity index (χ2n) is 6.66. The summed E-state index contributed by atoms with van der Waals surface area (Å²) in [6.45, 7) is 4.77. The summed E-state index contributed by atoms with van der Waals surface area (Å²) in [5, 5.41) is 3.01. The van der Waals surface area contributed by atoms with Crippen LogP contribution in [-0.2, 0) is 13.0 Å². The molecule has 0 spiro atoms. The molecule has 1 amide bonds. The summed E-state index contributed by atoms with van der Waals surface area (Å²) in [5.74, 6) is 1.81. The third kappa shape index (κ3) is 5.11. The van der Waals surface area contributed by atoms with E-state index >= 15 is 0 Å². The monoisotopic (exact) mass is 405 g/mol. The first-order valence-corrected chi connectivity index (χ1v) is 10.1. The maximum absolute atomic E-state index is 12.9. The smallest absolute Gasteiger partial charge is 0.255 e. The van der Waals surface area contributed by atoms with E-state index in [1.54, 1.807) is 13.2 Å². The van der Waals surface area contributed by atoms with Crippen LogP contribution >= 0.6 is 0 Å². The molecular weight excluding hydrogens is 378 g/mol. The maximum Gasteiger partial charge on any atom is 0.255 e. The minimum atomic E-state index is -0.169. The molecule has 0 aromatic heterocycles. The number of nitrogens with one attached hydrogen (secondary N) is 1. The van der Waals surface area contributed by atoms with Gasteiger partial charge in [-0.3, -0.25) is 4.79 Å². The van der Waals surface area contributed by atoms with Gasteiger partial charge in [0, 0.05) is 16.8 Å². The van der Waals surface area contributed by atoms with Gasteiger partial charge in [-0.05, 0) is 55.3 Å². The summed E-state index contributed by atoms with van der Waals surface area (Å²) >= 11 is 0. The molecule has 0 saturated heterocycles. The van der Waals surface area contributed by atoms with Crippen molar-refractivity contribution in [3.63, 3.8) is 0 Å². The number of anilines is 1. The first-order valence-electron chi connectivity index (χ1n) is 10.1. The Bertz CT molecular complexity index is 1000. The van der Waals surface area contributed by atoms with Gasteiger partial charge < -0.3 is 19.5 Å². The summed E-state index contributed by atoms with van der Waals surface area (Å²) < 4.78 is 17.0. The lowest BCUT2D eigenvalue weighted by Crippen LogP contribution is -2.14. The van der Waals surface area contributed by atoms with Crippen LogP contribution in [0.1, 0.15) is 35.3 Å². The summed E-state index contributed by atoms with van der Waals surface area (Å²) in [7, 11) is 1.60. The van der Waals surface area contributed by atoms with E-state index in [9.17, 15) is 4.79 Å². The topological polar surface area (TPSA) is 56.8 Å². The van der Waals surface area contributed by atoms with Gasteiger partial charge in [0.15, 0.2) is 11.5 Å². The van der Waals surface area contributed by atoms with Gasteiger partial charge in [-0.25, -0.2) is 0 Å². The first-order chi connectivity index (χ1) is 14.7. The van der Waals surface area contributed by atoms with Crippen LogP contribution < -0.4 is 19.5 Å². The minimum Gasteiger partial charge on any atom is -0.493 e. The van der Waals surface area contributed by atoms with Crippen LogP contribution in [0.4, 0.5) is 5.69 Å². The van der Waals surface area contributed by atoms with E-state index in [0.29, 0.717) is 29.4 Å². The number of para-hydroxylation sites is 3. The quantitative estimate of drug-likeness (QED) is 0.512. The van der Waals surface area contributed by atoms with E-state index in [2.05, 4.69) is 12.2 Å². The lowest BCUT2D eigenvalue weighted by molar-refractivity contribution is 0.102. The van der Waals surface area contributed by atoms with Crippen LogP contribution in [0.15, 0.2) is 66.7 Å². The molecule has 5 nitrogen and oxygen atoms in total. The maximum atomic E-state index is 12.9. The number of amides is 1. The van der Waals surface area contributed by atoms with Crippen molar-refractivity contribution in [1.82, 2.24) is 0 Å². The molecule has 0 aliphatic heterocycles. The van der Waals surface area contributed by atoms with Crippen LogP contribution in [-0.4, -0.2) is 19.6 Å². The van der Waals surface area contributed by atoms with Crippen LogP contribution in [0.2, 0.25) is 0 Å². The second-order valence-corrected chi connectivity index (χ2v) is 6.66. The Morgan fingerprint density at radius 2 is 1.57 bits per heavy atom. The van der Waals surface area contributed by atoms with Crippen molar-refractivity contribution in [3.05, 3.63) is 83.4 Å². The Morgan fingerprint density at radius 1 is 0.833 bits per heavy atom. The van der Waals surface area contributed by atoms with Crippen LogP contribution in [0.3, 0.4) is 0 Å². The molecule has 3 aromatic rings. The Hall–Kier alpha value is -3.47. The first kappa shape index (κ1) is 21.2. The van der Waals surface area contributed by atoms with Crippen LogP contribution in [0.5, 0.6) is 17.2 Å². The van der Waals surface area contributed by atoms with Crippen molar-refractivity contribution in [2.24, 2.45) is 0 Å². The molecule has 30 heavy (non-hydrogen) atoms. The second kappa shape index (κ2) is 10.3. The minimum absolute atomic E-state index is 0.169. The molecule has 0 fully saturated rings. The normalized spacial score (nSPS) is 10.4. The predicted molar refractivity (Wildman–Crippen MR) is 119 cm³/mol. The van der Waals surface area contributed by atoms with E-state index in [0.717, 1.165) is 23.2 Å². The zero-order chi connectivity index (χ0) is 21.3. The Kier molecular flexibility index (Phi) is 7.33. The predicted octanol–water partition coefficient (Wildman–Crippen LogP) is 5.49. The molecule has 0 saturated carbocycles. The number of hydrogen-bond acceptors (Lipinski definition) is 4. The molecule has 3 aromatic carbocycles. The fraction of sp³-hybridized carbons (Fsp3) is 0.240. The van der Waals surface area contributed by atoms with Gasteiger partial charge in [-0.15, -0.1) is 0 Å². The van der Waals surface area contributed by atoms with E-state index in [1.807, 2.05) is 67.6 Å². The molecule has 1 N–H and O–H groups in total. The highest BCUT2D eigenvalue weighted by atomic mass is 16.5. The van der Waals surface area contributed by atoms with Crippen molar-refractivity contribution in [2.45, 2.75) is 26.9 Å².